The summed E-state index contributed by atoms with van der Waals surface area (Å²) in [6.07, 6.45) is -17.8. The van der Waals surface area contributed by atoms with E-state index in [1.807, 2.05) is 0 Å². The Labute approximate surface area is 318 Å². The van der Waals surface area contributed by atoms with E-state index in [0.717, 1.165) is 0 Å². The van der Waals surface area contributed by atoms with E-state index in [2.05, 4.69) is 5.32 Å². The number of aliphatic hydroxyl groups is 8. The molecular formula is C34H51N5O17. The van der Waals surface area contributed by atoms with Crippen molar-refractivity contribution in [2.24, 2.45) is 22.9 Å². The predicted octanol–water partition coefficient (Wildman–Crippen LogP) is -6.51. The van der Waals surface area contributed by atoms with Crippen molar-refractivity contribution in [1.29, 1.82) is 0 Å². The van der Waals surface area contributed by atoms with Crippen LogP contribution in [0.1, 0.15) is 29.6 Å². The zero-order chi connectivity index (χ0) is 40.6. The van der Waals surface area contributed by atoms with E-state index in [1.54, 1.807) is 0 Å². The number of carbonyl (C=O) groups is 1. The number of fused-ring (bicyclic) bond motifs is 1. The molecule has 1 aromatic carbocycles. The number of nitrogens with two attached hydrogens (primary N) is 4. The smallest absolute Gasteiger partial charge is 0.349 e. The van der Waals surface area contributed by atoms with E-state index >= 15 is 0 Å². The monoisotopic (exact) mass is 801 g/mol. The predicted molar refractivity (Wildman–Crippen MR) is 187 cm³/mol. The van der Waals surface area contributed by atoms with Gasteiger partial charge < -0.3 is 102 Å². The topological polar surface area (TPSA) is 381 Å². The Morgan fingerprint density at radius 1 is 0.750 bits per heavy atom. The van der Waals surface area contributed by atoms with Gasteiger partial charge in [-0.15, -0.1) is 0 Å². The van der Waals surface area contributed by atoms with Crippen LogP contribution >= 0.6 is 0 Å². The lowest BCUT2D eigenvalue weighted by Gasteiger charge is -2.46. The third kappa shape index (κ3) is 8.86. The lowest BCUT2D eigenvalue weighted by molar-refractivity contribution is -0.300. The van der Waals surface area contributed by atoms with Crippen LogP contribution in [0.25, 0.3) is 11.0 Å². The molecule has 4 heterocycles. The van der Waals surface area contributed by atoms with Gasteiger partial charge in [-0.2, -0.15) is 0 Å². The van der Waals surface area contributed by atoms with Gasteiger partial charge in [0.1, 0.15) is 59.6 Å². The van der Waals surface area contributed by atoms with Gasteiger partial charge in [-0.1, -0.05) is 0 Å². The number of aliphatic hydroxyl groups excluding tert-OH is 8. The highest BCUT2D eigenvalue weighted by Crippen LogP contribution is 2.32. The van der Waals surface area contributed by atoms with Crippen LogP contribution in [0.2, 0.25) is 0 Å². The van der Waals surface area contributed by atoms with E-state index < -0.39 is 140 Å². The standard InChI is InChI=1S/C34H51N5O17/c35-8-21-17(42)6-15(37)32(54-21)52-19-7-20(53-33-27(45)24(38)25(43)22(9-40)55-33)16(5-14(19)36)39-30(48)13-3-11-1-2-12(4-18(11)51-31(13)49)50-34-29(47)28(46)26(44)23(10-41)56-34/h1-4,14-17,19-29,32-34,40-47H,5-10,35-38H2,(H,39,48)/t14-,15+,16+,17-,19-,20+,21+,22+,23+,24-,25+,26-,27+,28-,29+,32-,33-,34+/m0/s1. The molecule has 4 aliphatic rings. The van der Waals surface area contributed by atoms with Crippen molar-refractivity contribution in [3.05, 3.63) is 40.2 Å². The van der Waals surface area contributed by atoms with Gasteiger partial charge in [0.05, 0.1) is 55.8 Å². The van der Waals surface area contributed by atoms with Gasteiger partial charge in [-0.3, -0.25) is 4.79 Å². The summed E-state index contributed by atoms with van der Waals surface area (Å²) in [6, 6.07) is 1.66. The average Bonchev–Trinajstić information content (AvgIpc) is 3.17. The summed E-state index contributed by atoms with van der Waals surface area (Å²) in [5.41, 5.74) is 23.0. The first-order valence-corrected chi connectivity index (χ1v) is 18.2. The molecule has 1 aliphatic carbocycles. The molecule has 56 heavy (non-hydrogen) atoms. The molecule has 4 fully saturated rings. The average molecular weight is 802 g/mol. The van der Waals surface area contributed by atoms with Crippen LogP contribution < -0.4 is 38.6 Å². The number of ether oxygens (including phenoxy) is 6. The second-order valence-corrected chi connectivity index (χ2v) is 14.6. The summed E-state index contributed by atoms with van der Waals surface area (Å²) >= 11 is 0. The summed E-state index contributed by atoms with van der Waals surface area (Å²) in [4.78, 5) is 26.9. The highest BCUT2D eigenvalue weighted by Gasteiger charge is 2.48. The Morgan fingerprint density at radius 3 is 2.11 bits per heavy atom. The van der Waals surface area contributed by atoms with Crippen LogP contribution in [0.15, 0.2) is 33.5 Å². The molecule has 0 radical (unpaired) electrons. The summed E-state index contributed by atoms with van der Waals surface area (Å²) in [7, 11) is 0. The van der Waals surface area contributed by atoms with Crippen LogP contribution in [-0.4, -0.2) is 177 Å². The molecule has 17 N–H and O–H groups in total. The van der Waals surface area contributed by atoms with Gasteiger partial charge in [0.2, 0.25) is 6.29 Å². The molecule has 0 unspecified atom stereocenters. The number of carbonyl (C=O) groups excluding carboxylic acids is 1. The molecule has 3 aliphatic heterocycles. The molecule has 22 nitrogen and oxygen atoms in total. The van der Waals surface area contributed by atoms with Crippen molar-refractivity contribution in [1.82, 2.24) is 5.32 Å². The molecule has 0 spiro atoms. The first-order chi connectivity index (χ1) is 26.6. The molecular weight excluding hydrogens is 750 g/mol. The molecule has 6 rings (SSSR count). The highest BCUT2D eigenvalue weighted by atomic mass is 16.7. The van der Waals surface area contributed by atoms with Crippen LogP contribution in [0, 0.1) is 0 Å². The Balaban J connectivity index is 1.20. The van der Waals surface area contributed by atoms with Crippen molar-refractivity contribution < 1.29 is 78.5 Å². The van der Waals surface area contributed by atoms with Crippen molar-refractivity contribution in [2.75, 3.05) is 19.8 Å². The number of benzene rings is 1. The fourth-order valence-electron chi connectivity index (χ4n) is 7.32. The third-order valence-electron chi connectivity index (χ3n) is 10.7. The zero-order valence-electron chi connectivity index (χ0n) is 30.0. The van der Waals surface area contributed by atoms with Gasteiger partial charge in [0.25, 0.3) is 5.91 Å². The van der Waals surface area contributed by atoms with Gasteiger partial charge in [0.15, 0.2) is 12.6 Å². The minimum absolute atomic E-state index is 0.000799. The molecule has 22 heteroatoms. The fraction of sp³-hybridized carbons (Fsp3) is 0.706. The first kappa shape index (κ1) is 42.6. The Kier molecular flexibility index (Phi) is 13.6. The van der Waals surface area contributed by atoms with Crippen molar-refractivity contribution in [3.63, 3.8) is 0 Å². The molecule has 2 aromatic rings. The second-order valence-electron chi connectivity index (χ2n) is 14.6. The largest absolute Gasteiger partial charge is 0.462 e. The van der Waals surface area contributed by atoms with Crippen LogP contribution in [0.5, 0.6) is 5.75 Å². The fourth-order valence-corrected chi connectivity index (χ4v) is 7.32. The quantitative estimate of drug-likeness (QED) is 0.0939. The normalized spacial score (nSPS) is 42.0. The molecule has 3 saturated heterocycles. The number of nitrogens with one attached hydrogen (secondary N) is 1. The number of amides is 1. The summed E-state index contributed by atoms with van der Waals surface area (Å²) in [5, 5.41) is 84.2. The van der Waals surface area contributed by atoms with E-state index in [-0.39, 0.29) is 42.5 Å². The lowest BCUT2D eigenvalue weighted by atomic mass is 9.85. The van der Waals surface area contributed by atoms with E-state index in [4.69, 9.17) is 55.8 Å². The summed E-state index contributed by atoms with van der Waals surface area (Å²) < 4.78 is 40.2. The maximum atomic E-state index is 13.7. The Morgan fingerprint density at radius 2 is 1.41 bits per heavy atom. The minimum atomic E-state index is -1.69. The first-order valence-electron chi connectivity index (χ1n) is 18.2. The number of hydrogen-bond donors (Lipinski definition) is 13. The maximum absolute atomic E-state index is 13.7. The molecule has 1 aromatic heterocycles. The maximum Gasteiger partial charge on any atom is 0.349 e. The zero-order valence-corrected chi connectivity index (χ0v) is 30.0. The highest BCUT2D eigenvalue weighted by molar-refractivity contribution is 5.97. The van der Waals surface area contributed by atoms with Crippen molar-refractivity contribution >= 4 is 16.9 Å². The number of hydrogen-bond acceptors (Lipinski definition) is 21. The number of rotatable bonds is 11. The molecule has 18 atom stereocenters. The third-order valence-corrected chi connectivity index (χ3v) is 10.7. The molecule has 1 saturated carbocycles. The molecule has 1 amide bonds. The second kappa shape index (κ2) is 17.9. The SMILES string of the molecule is NC[C@H]1O[C@H](O[C@H]2C[C@@H](O[C@H]3O[C@H](CO)[C@@H](O)[C@H](N)[C@H]3O)[C@H](NC(=O)c3cc4ccc(O[C@@H]5O[C@H](CO)[C@H](O)[C@H](O)[C@H]5O)cc4oc3=O)C[C@@H]2N)[C@H](N)C[C@@H]1O. The van der Waals surface area contributed by atoms with Gasteiger partial charge >= 0.3 is 5.63 Å². The lowest BCUT2D eigenvalue weighted by Crippen LogP contribution is -2.65. The van der Waals surface area contributed by atoms with E-state index in [0.29, 0.717) is 0 Å². The van der Waals surface area contributed by atoms with Gasteiger partial charge in [-0.25, -0.2) is 4.79 Å². The molecule has 0 bridgehead atoms. The van der Waals surface area contributed by atoms with Crippen LogP contribution in [0.3, 0.4) is 0 Å². The van der Waals surface area contributed by atoms with Crippen LogP contribution in [-0.2, 0) is 23.7 Å². The van der Waals surface area contributed by atoms with Crippen molar-refractivity contribution in [3.8, 4) is 5.75 Å². The van der Waals surface area contributed by atoms with Crippen molar-refractivity contribution in [2.45, 2.75) is 129 Å². The Bertz CT molecular complexity index is 1700. The van der Waals surface area contributed by atoms with E-state index in [9.17, 15) is 50.4 Å². The molecule has 314 valence electrons. The van der Waals surface area contributed by atoms with Gasteiger partial charge in [-0.05, 0) is 31.0 Å². The summed E-state index contributed by atoms with van der Waals surface area (Å²) in [6.45, 7) is -1.31. The Hall–Kier alpha value is -2.98. The van der Waals surface area contributed by atoms with E-state index in [1.165, 1.54) is 24.3 Å². The summed E-state index contributed by atoms with van der Waals surface area (Å²) in [5.74, 6) is -0.859. The minimum Gasteiger partial charge on any atom is -0.462 e. The van der Waals surface area contributed by atoms with Crippen LogP contribution in [0.4, 0.5) is 0 Å². The van der Waals surface area contributed by atoms with Gasteiger partial charge in [0, 0.05) is 30.5 Å².